The van der Waals surface area contributed by atoms with E-state index in [0.29, 0.717) is 11.8 Å². The minimum atomic E-state index is -0.00824. The largest absolute Gasteiger partial charge is 0.358 e. The van der Waals surface area contributed by atoms with Crippen molar-refractivity contribution in [3.8, 4) is 6.07 Å². The minimum absolute atomic E-state index is 0.00824. The van der Waals surface area contributed by atoms with Crippen LogP contribution in [0.4, 0.5) is 5.69 Å². The first-order valence-corrected chi connectivity index (χ1v) is 5.86. The highest BCUT2D eigenvalue weighted by atomic mass is 15.1. The highest BCUT2D eigenvalue weighted by molar-refractivity contribution is 5.57. The molecule has 0 saturated carbocycles. The van der Waals surface area contributed by atoms with E-state index in [1.165, 1.54) is 11.3 Å². The van der Waals surface area contributed by atoms with Crippen molar-refractivity contribution < 1.29 is 0 Å². The van der Waals surface area contributed by atoms with E-state index < -0.39 is 0 Å². The zero-order valence-corrected chi connectivity index (χ0v) is 10.1. The first-order valence-electron chi connectivity index (χ1n) is 5.86. The summed E-state index contributed by atoms with van der Waals surface area (Å²) >= 11 is 0. The molecule has 2 nitrogen and oxygen atoms in total. The van der Waals surface area contributed by atoms with Gasteiger partial charge in [0.2, 0.25) is 0 Å². The van der Waals surface area contributed by atoms with Crippen LogP contribution in [0, 0.1) is 17.2 Å². The number of nitrogens with zero attached hydrogens (tertiary/aromatic N) is 2. The van der Waals surface area contributed by atoms with Gasteiger partial charge in [0.1, 0.15) is 6.04 Å². The Hall–Kier alpha value is -1.49. The van der Waals surface area contributed by atoms with Crippen LogP contribution in [0.25, 0.3) is 0 Å². The number of nitriles is 1. The summed E-state index contributed by atoms with van der Waals surface area (Å²) in [6, 6.07) is 10.9. The van der Waals surface area contributed by atoms with Crippen molar-refractivity contribution in [2.24, 2.45) is 5.92 Å². The Morgan fingerprint density at radius 2 is 2.00 bits per heavy atom. The summed E-state index contributed by atoms with van der Waals surface area (Å²) in [4.78, 5) is 2.13. The van der Waals surface area contributed by atoms with E-state index in [-0.39, 0.29) is 6.04 Å². The lowest BCUT2D eigenvalue weighted by Crippen LogP contribution is -2.34. The molecule has 0 bridgehead atoms. The quantitative estimate of drug-likeness (QED) is 0.663. The minimum Gasteiger partial charge on any atom is -0.358 e. The highest BCUT2D eigenvalue weighted by Crippen LogP contribution is 2.37. The number of anilines is 1. The smallest absolute Gasteiger partial charge is 0.119 e. The third-order valence-corrected chi connectivity index (χ3v) is 3.66. The van der Waals surface area contributed by atoms with Crippen molar-refractivity contribution in [1.82, 2.24) is 0 Å². The molecule has 1 heterocycles. The van der Waals surface area contributed by atoms with Crippen LogP contribution in [0.5, 0.6) is 0 Å². The molecule has 84 valence electrons. The normalized spacial score (nSPS) is 29.1. The van der Waals surface area contributed by atoms with Crippen molar-refractivity contribution >= 4 is 5.69 Å². The van der Waals surface area contributed by atoms with E-state index >= 15 is 0 Å². The molecule has 0 fully saturated rings. The van der Waals surface area contributed by atoms with Crippen LogP contribution < -0.4 is 4.90 Å². The van der Waals surface area contributed by atoms with Crippen molar-refractivity contribution in [1.29, 1.82) is 5.26 Å². The van der Waals surface area contributed by atoms with Gasteiger partial charge in [-0.05, 0) is 29.9 Å². The lowest BCUT2D eigenvalue weighted by Gasteiger charge is -2.27. The third kappa shape index (κ3) is 1.67. The molecule has 0 radical (unpaired) electrons. The van der Waals surface area contributed by atoms with Gasteiger partial charge in [0.15, 0.2) is 0 Å². The topological polar surface area (TPSA) is 27.0 Å². The summed E-state index contributed by atoms with van der Waals surface area (Å²) in [7, 11) is 2.03. The number of rotatable bonds is 0. The number of hydrogen-bond acceptors (Lipinski definition) is 2. The summed E-state index contributed by atoms with van der Waals surface area (Å²) in [6.45, 7) is 4.43. The molecule has 3 atom stereocenters. The van der Waals surface area contributed by atoms with E-state index in [9.17, 15) is 5.26 Å². The van der Waals surface area contributed by atoms with E-state index in [4.69, 9.17) is 0 Å². The molecule has 0 N–H and O–H groups in total. The second kappa shape index (κ2) is 4.17. The Labute approximate surface area is 97.5 Å². The molecular formula is C14H18N2. The molecule has 0 aromatic heterocycles. The zero-order chi connectivity index (χ0) is 11.7. The van der Waals surface area contributed by atoms with Crippen molar-refractivity contribution in [3.63, 3.8) is 0 Å². The maximum atomic E-state index is 9.28. The summed E-state index contributed by atoms with van der Waals surface area (Å²) in [5.41, 5.74) is 2.58. The average molecular weight is 214 g/mol. The lowest BCUT2D eigenvalue weighted by molar-refractivity contribution is 0.454. The monoisotopic (exact) mass is 214 g/mol. The first-order chi connectivity index (χ1) is 7.65. The molecule has 1 aliphatic rings. The Balaban J connectivity index is 2.50. The Morgan fingerprint density at radius 3 is 2.69 bits per heavy atom. The standard InChI is InChI=1S/C14H18N2/c1-10-8-11(2)14(9-15)16(3)13-7-5-4-6-12(10)13/h4-7,10-11,14H,8H2,1-3H3/t10-,11+,14-/m0/s1. The Morgan fingerprint density at radius 1 is 1.31 bits per heavy atom. The Kier molecular flexibility index (Phi) is 2.87. The van der Waals surface area contributed by atoms with E-state index in [1.54, 1.807) is 0 Å². The van der Waals surface area contributed by atoms with Crippen LogP contribution in [0.2, 0.25) is 0 Å². The van der Waals surface area contributed by atoms with Gasteiger partial charge in [0, 0.05) is 12.7 Å². The maximum Gasteiger partial charge on any atom is 0.119 e. The van der Waals surface area contributed by atoms with Crippen molar-refractivity contribution in [3.05, 3.63) is 29.8 Å². The molecule has 0 saturated heterocycles. The van der Waals surface area contributed by atoms with Gasteiger partial charge < -0.3 is 4.90 Å². The van der Waals surface area contributed by atoms with Gasteiger partial charge in [0.25, 0.3) is 0 Å². The van der Waals surface area contributed by atoms with Gasteiger partial charge in [-0.2, -0.15) is 5.26 Å². The molecule has 0 aliphatic carbocycles. The van der Waals surface area contributed by atoms with Gasteiger partial charge in [-0.1, -0.05) is 32.0 Å². The van der Waals surface area contributed by atoms with Crippen LogP contribution >= 0.6 is 0 Å². The van der Waals surface area contributed by atoms with E-state index in [1.807, 2.05) is 13.1 Å². The SMILES string of the molecule is C[C@@H]1C[C@H](C)c2ccccc2N(C)[C@H]1C#N. The summed E-state index contributed by atoms with van der Waals surface area (Å²) in [5, 5.41) is 9.28. The Bertz CT molecular complexity index is 419. The summed E-state index contributed by atoms with van der Waals surface area (Å²) in [6.07, 6.45) is 1.08. The van der Waals surface area contributed by atoms with Crippen LogP contribution in [0.3, 0.4) is 0 Å². The predicted octanol–water partition coefficient (Wildman–Crippen LogP) is 3.16. The van der Waals surface area contributed by atoms with Crippen LogP contribution in [0.1, 0.15) is 31.7 Å². The average Bonchev–Trinajstić information content (AvgIpc) is 2.37. The second-order valence-corrected chi connectivity index (χ2v) is 4.86. The van der Waals surface area contributed by atoms with Gasteiger partial charge >= 0.3 is 0 Å². The number of benzene rings is 1. The molecule has 0 unspecified atom stereocenters. The van der Waals surface area contributed by atoms with Gasteiger partial charge in [0.05, 0.1) is 6.07 Å². The zero-order valence-electron chi connectivity index (χ0n) is 10.1. The summed E-state index contributed by atoms with van der Waals surface area (Å²) in [5.74, 6) is 0.949. The number of hydrogen-bond donors (Lipinski definition) is 0. The van der Waals surface area contributed by atoms with Crippen LogP contribution in [0.15, 0.2) is 24.3 Å². The molecular weight excluding hydrogens is 196 g/mol. The first kappa shape index (κ1) is 11.0. The van der Waals surface area contributed by atoms with E-state index in [2.05, 4.69) is 43.0 Å². The van der Waals surface area contributed by atoms with Gasteiger partial charge in [-0.15, -0.1) is 0 Å². The molecule has 1 aromatic carbocycles. The van der Waals surface area contributed by atoms with Gasteiger partial charge in [-0.3, -0.25) is 0 Å². The number of para-hydroxylation sites is 1. The fraction of sp³-hybridized carbons (Fsp3) is 0.500. The lowest BCUT2D eigenvalue weighted by atomic mass is 9.89. The molecule has 16 heavy (non-hydrogen) atoms. The van der Waals surface area contributed by atoms with Crippen LogP contribution in [-0.2, 0) is 0 Å². The molecule has 1 aromatic rings. The third-order valence-electron chi connectivity index (χ3n) is 3.66. The molecule has 0 amide bonds. The number of fused-ring (bicyclic) bond motifs is 1. The van der Waals surface area contributed by atoms with Crippen molar-refractivity contribution in [2.75, 3.05) is 11.9 Å². The summed E-state index contributed by atoms with van der Waals surface area (Å²) < 4.78 is 0. The molecule has 2 heteroatoms. The highest BCUT2D eigenvalue weighted by Gasteiger charge is 2.29. The predicted molar refractivity (Wildman–Crippen MR) is 66.4 cm³/mol. The van der Waals surface area contributed by atoms with Crippen LogP contribution in [-0.4, -0.2) is 13.1 Å². The molecule has 1 aliphatic heterocycles. The second-order valence-electron chi connectivity index (χ2n) is 4.86. The maximum absolute atomic E-state index is 9.28. The van der Waals surface area contributed by atoms with Gasteiger partial charge in [-0.25, -0.2) is 0 Å². The fourth-order valence-electron chi connectivity index (χ4n) is 2.78. The van der Waals surface area contributed by atoms with E-state index in [0.717, 1.165) is 6.42 Å². The molecule has 2 rings (SSSR count). The van der Waals surface area contributed by atoms with Crippen molar-refractivity contribution in [2.45, 2.75) is 32.2 Å². The fourth-order valence-corrected chi connectivity index (χ4v) is 2.78. The molecule has 0 spiro atoms.